The van der Waals surface area contributed by atoms with Gasteiger partial charge < -0.3 is 4.74 Å². The SMILES string of the molecule is CC(C)c1ccc(OCc2ccc(C#N)cc2)c(Br)c1. The van der Waals surface area contributed by atoms with Crippen LogP contribution < -0.4 is 4.74 Å². The molecule has 0 unspecified atom stereocenters. The predicted octanol–water partition coefficient (Wildman–Crippen LogP) is 5.02. The van der Waals surface area contributed by atoms with Gasteiger partial charge >= 0.3 is 0 Å². The molecule has 0 radical (unpaired) electrons. The maximum atomic E-state index is 8.76. The summed E-state index contributed by atoms with van der Waals surface area (Å²) >= 11 is 3.54. The van der Waals surface area contributed by atoms with Gasteiger partial charge in [-0.3, -0.25) is 0 Å². The molecule has 2 nitrogen and oxygen atoms in total. The van der Waals surface area contributed by atoms with Crippen molar-refractivity contribution >= 4 is 15.9 Å². The van der Waals surface area contributed by atoms with Crippen LogP contribution in [0.2, 0.25) is 0 Å². The molecule has 2 rings (SSSR count). The van der Waals surface area contributed by atoms with Gasteiger partial charge in [-0.15, -0.1) is 0 Å². The Morgan fingerprint density at radius 1 is 1.15 bits per heavy atom. The lowest BCUT2D eigenvalue weighted by molar-refractivity contribution is 0.304. The van der Waals surface area contributed by atoms with Gasteiger partial charge in [0, 0.05) is 0 Å². The van der Waals surface area contributed by atoms with Crippen molar-refractivity contribution in [3.05, 3.63) is 63.6 Å². The van der Waals surface area contributed by atoms with Crippen LogP contribution >= 0.6 is 15.9 Å². The third-order valence-corrected chi connectivity index (χ3v) is 3.72. The Labute approximate surface area is 128 Å². The van der Waals surface area contributed by atoms with Gasteiger partial charge in [-0.1, -0.05) is 32.0 Å². The van der Waals surface area contributed by atoms with Crippen LogP contribution in [-0.4, -0.2) is 0 Å². The van der Waals surface area contributed by atoms with E-state index < -0.39 is 0 Å². The Hall–Kier alpha value is -1.79. The molecule has 0 aliphatic heterocycles. The van der Waals surface area contributed by atoms with Gasteiger partial charge in [0.2, 0.25) is 0 Å². The second-order valence-corrected chi connectivity index (χ2v) is 5.80. The second-order valence-electron chi connectivity index (χ2n) is 4.94. The zero-order valence-corrected chi connectivity index (χ0v) is 13.1. The molecule has 0 amide bonds. The normalized spacial score (nSPS) is 10.3. The molecule has 102 valence electrons. The van der Waals surface area contributed by atoms with E-state index in [0.29, 0.717) is 18.1 Å². The van der Waals surface area contributed by atoms with Crippen LogP contribution in [0.1, 0.15) is 36.5 Å². The summed E-state index contributed by atoms with van der Waals surface area (Å²) in [6.07, 6.45) is 0. The number of ether oxygens (including phenoxy) is 1. The number of halogens is 1. The highest BCUT2D eigenvalue weighted by Crippen LogP contribution is 2.29. The fourth-order valence-corrected chi connectivity index (χ4v) is 2.34. The molecule has 0 saturated carbocycles. The number of hydrogen-bond donors (Lipinski definition) is 0. The van der Waals surface area contributed by atoms with Crippen molar-refractivity contribution in [1.29, 1.82) is 5.26 Å². The molecule has 0 heterocycles. The lowest BCUT2D eigenvalue weighted by atomic mass is 10.0. The van der Waals surface area contributed by atoms with E-state index in [1.54, 1.807) is 12.1 Å². The smallest absolute Gasteiger partial charge is 0.134 e. The van der Waals surface area contributed by atoms with Crippen LogP contribution in [0.3, 0.4) is 0 Å². The molecule has 2 aromatic carbocycles. The van der Waals surface area contributed by atoms with Crippen molar-refractivity contribution in [1.82, 2.24) is 0 Å². The first-order valence-corrected chi connectivity index (χ1v) is 7.30. The fourth-order valence-electron chi connectivity index (χ4n) is 1.83. The summed E-state index contributed by atoms with van der Waals surface area (Å²) < 4.78 is 6.77. The minimum atomic E-state index is 0.491. The van der Waals surface area contributed by atoms with E-state index in [0.717, 1.165) is 15.8 Å². The van der Waals surface area contributed by atoms with Gasteiger partial charge in [-0.2, -0.15) is 5.26 Å². The summed E-state index contributed by atoms with van der Waals surface area (Å²) in [5.74, 6) is 1.33. The van der Waals surface area contributed by atoms with Crippen LogP contribution in [0.15, 0.2) is 46.9 Å². The molecule has 0 bridgehead atoms. The van der Waals surface area contributed by atoms with Crippen molar-refractivity contribution < 1.29 is 4.74 Å². The Morgan fingerprint density at radius 3 is 2.40 bits per heavy atom. The average Bonchev–Trinajstić information content (AvgIpc) is 2.46. The number of nitriles is 1. The summed E-state index contributed by atoms with van der Waals surface area (Å²) in [6, 6.07) is 15.7. The molecule has 0 atom stereocenters. The Bertz CT molecular complexity index is 626. The standard InChI is InChI=1S/C17H16BrNO/c1-12(2)15-7-8-17(16(18)9-15)20-11-14-5-3-13(10-19)4-6-14/h3-9,12H,11H2,1-2H3. The maximum Gasteiger partial charge on any atom is 0.134 e. The lowest BCUT2D eigenvalue weighted by Crippen LogP contribution is -1.97. The summed E-state index contributed by atoms with van der Waals surface area (Å²) in [5.41, 5.74) is 2.99. The largest absolute Gasteiger partial charge is 0.488 e. The number of hydrogen-bond acceptors (Lipinski definition) is 2. The van der Waals surface area contributed by atoms with Crippen molar-refractivity contribution in [3.8, 4) is 11.8 Å². The summed E-state index contributed by atoms with van der Waals surface area (Å²) in [6.45, 7) is 4.82. The highest BCUT2D eigenvalue weighted by molar-refractivity contribution is 9.10. The second kappa shape index (κ2) is 6.58. The molecule has 0 N–H and O–H groups in total. The summed E-state index contributed by atoms with van der Waals surface area (Å²) in [4.78, 5) is 0. The monoisotopic (exact) mass is 329 g/mol. The molecule has 0 saturated heterocycles. The summed E-state index contributed by atoms with van der Waals surface area (Å²) in [5, 5.41) is 8.76. The van der Waals surface area contributed by atoms with E-state index in [2.05, 4.69) is 48.0 Å². The van der Waals surface area contributed by atoms with Crippen molar-refractivity contribution in [2.75, 3.05) is 0 Å². The quantitative estimate of drug-likeness (QED) is 0.788. The fraction of sp³-hybridized carbons (Fsp3) is 0.235. The molecule has 2 aromatic rings. The van der Waals surface area contributed by atoms with E-state index in [1.165, 1.54) is 5.56 Å². The van der Waals surface area contributed by atoms with Crippen LogP contribution in [0.4, 0.5) is 0 Å². The van der Waals surface area contributed by atoms with Gasteiger partial charge in [-0.05, 0) is 57.2 Å². The van der Waals surface area contributed by atoms with E-state index in [-0.39, 0.29) is 0 Å². The van der Waals surface area contributed by atoms with Crippen LogP contribution in [0.25, 0.3) is 0 Å². The summed E-state index contributed by atoms with van der Waals surface area (Å²) in [7, 11) is 0. The first kappa shape index (κ1) is 14.6. The van der Waals surface area contributed by atoms with E-state index in [9.17, 15) is 0 Å². The van der Waals surface area contributed by atoms with Gasteiger partial charge in [0.1, 0.15) is 12.4 Å². The van der Waals surface area contributed by atoms with Crippen LogP contribution in [0.5, 0.6) is 5.75 Å². The molecular formula is C17H16BrNO. The average molecular weight is 330 g/mol. The number of rotatable bonds is 4. The van der Waals surface area contributed by atoms with E-state index in [4.69, 9.17) is 10.00 Å². The zero-order valence-electron chi connectivity index (χ0n) is 11.6. The molecule has 20 heavy (non-hydrogen) atoms. The van der Waals surface area contributed by atoms with E-state index >= 15 is 0 Å². The third-order valence-electron chi connectivity index (χ3n) is 3.10. The maximum absolute atomic E-state index is 8.76. The zero-order chi connectivity index (χ0) is 14.5. The van der Waals surface area contributed by atoms with Crippen molar-refractivity contribution in [3.63, 3.8) is 0 Å². The lowest BCUT2D eigenvalue weighted by Gasteiger charge is -2.11. The number of nitrogens with zero attached hydrogens (tertiary/aromatic N) is 1. The Kier molecular flexibility index (Phi) is 4.81. The molecule has 3 heteroatoms. The first-order chi connectivity index (χ1) is 9.60. The number of benzene rings is 2. The van der Waals surface area contributed by atoms with Crippen LogP contribution in [-0.2, 0) is 6.61 Å². The highest BCUT2D eigenvalue weighted by Gasteiger charge is 2.05. The Balaban J connectivity index is 2.05. The van der Waals surface area contributed by atoms with Gasteiger partial charge in [0.05, 0.1) is 16.1 Å². The minimum Gasteiger partial charge on any atom is -0.488 e. The molecule has 0 aromatic heterocycles. The van der Waals surface area contributed by atoms with Gasteiger partial charge in [0.15, 0.2) is 0 Å². The first-order valence-electron chi connectivity index (χ1n) is 6.51. The predicted molar refractivity (Wildman–Crippen MR) is 83.7 cm³/mol. The molecule has 0 spiro atoms. The minimum absolute atomic E-state index is 0.491. The van der Waals surface area contributed by atoms with E-state index in [1.807, 2.05) is 18.2 Å². The van der Waals surface area contributed by atoms with Crippen LogP contribution in [0, 0.1) is 11.3 Å². The molecule has 0 fully saturated rings. The highest BCUT2D eigenvalue weighted by atomic mass is 79.9. The van der Waals surface area contributed by atoms with Gasteiger partial charge in [0.25, 0.3) is 0 Å². The van der Waals surface area contributed by atoms with Crippen molar-refractivity contribution in [2.45, 2.75) is 26.4 Å². The van der Waals surface area contributed by atoms with Gasteiger partial charge in [-0.25, -0.2) is 0 Å². The Morgan fingerprint density at radius 2 is 1.85 bits per heavy atom. The molecular weight excluding hydrogens is 314 g/mol. The molecule has 0 aliphatic rings. The van der Waals surface area contributed by atoms with Crippen molar-refractivity contribution in [2.24, 2.45) is 0 Å². The molecule has 0 aliphatic carbocycles. The third kappa shape index (κ3) is 3.61. The topological polar surface area (TPSA) is 33.0 Å².